The summed E-state index contributed by atoms with van der Waals surface area (Å²) in [5, 5.41) is 0. The molecule has 4 rings (SSSR count). The summed E-state index contributed by atoms with van der Waals surface area (Å²) in [6.45, 7) is 19.8. The third kappa shape index (κ3) is 8.41. The molecular formula is C29H49N3O2. The molecule has 0 spiro atoms. The highest BCUT2D eigenvalue weighted by Crippen LogP contribution is 2.41. The number of carbonyl (C=O) groups excluding carboxylic acids is 1. The fraction of sp³-hybridized carbons (Fsp3) is 0.621. The highest BCUT2D eigenvalue weighted by molar-refractivity contribution is 5.67. The molecule has 0 saturated carbocycles. The Balaban J connectivity index is 0.00000124. The van der Waals surface area contributed by atoms with Gasteiger partial charge in [0.1, 0.15) is 0 Å². The van der Waals surface area contributed by atoms with Crippen LogP contribution in [0.2, 0.25) is 0 Å². The van der Waals surface area contributed by atoms with E-state index in [0.29, 0.717) is 12.5 Å². The Kier molecular flexibility index (Phi) is 17.6. The van der Waals surface area contributed by atoms with Crippen LogP contribution in [0, 0.1) is 5.92 Å². The van der Waals surface area contributed by atoms with Crippen molar-refractivity contribution < 1.29 is 9.53 Å². The smallest absolute Gasteiger partial charge is 0.409 e. The van der Waals surface area contributed by atoms with Crippen molar-refractivity contribution in [3.63, 3.8) is 0 Å². The van der Waals surface area contributed by atoms with Gasteiger partial charge in [-0.1, -0.05) is 67.5 Å². The third-order valence-corrected chi connectivity index (χ3v) is 5.64. The van der Waals surface area contributed by atoms with E-state index in [-0.39, 0.29) is 12.0 Å². The van der Waals surface area contributed by atoms with Crippen LogP contribution in [-0.4, -0.2) is 40.7 Å². The van der Waals surface area contributed by atoms with Crippen LogP contribution in [0.4, 0.5) is 4.79 Å². The van der Waals surface area contributed by atoms with Crippen molar-refractivity contribution in [3.8, 4) is 0 Å². The van der Waals surface area contributed by atoms with E-state index in [4.69, 9.17) is 14.7 Å². The Morgan fingerprint density at radius 3 is 1.71 bits per heavy atom. The molecule has 0 N–H and O–H groups in total. The molecule has 0 atom stereocenters. The van der Waals surface area contributed by atoms with Gasteiger partial charge in [0.2, 0.25) is 0 Å². The van der Waals surface area contributed by atoms with Crippen LogP contribution in [0.15, 0.2) is 36.7 Å². The van der Waals surface area contributed by atoms with Gasteiger partial charge in [-0.05, 0) is 61.8 Å². The molecule has 1 amide bonds. The lowest BCUT2D eigenvalue weighted by atomic mass is 9.78. The van der Waals surface area contributed by atoms with E-state index >= 15 is 0 Å². The van der Waals surface area contributed by atoms with Gasteiger partial charge in [0.05, 0.1) is 18.0 Å². The molecule has 192 valence electrons. The Hall–Kier alpha value is -2.43. The van der Waals surface area contributed by atoms with Gasteiger partial charge in [-0.25, -0.2) is 4.79 Å². The average molecular weight is 472 g/mol. The average Bonchev–Trinajstić information content (AvgIpc) is 3.10. The quantitative estimate of drug-likeness (QED) is 0.451. The third-order valence-electron chi connectivity index (χ3n) is 5.64. The van der Waals surface area contributed by atoms with Gasteiger partial charge < -0.3 is 9.64 Å². The molecule has 0 unspecified atom stereocenters. The number of aromatic nitrogens is 2. The highest BCUT2D eigenvalue weighted by atomic mass is 16.6. The number of hydrogen-bond donors (Lipinski definition) is 0. The first-order valence-corrected chi connectivity index (χ1v) is 13.6. The maximum atomic E-state index is 12.0. The second-order valence-electron chi connectivity index (χ2n) is 7.10. The largest absolute Gasteiger partial charge is 0.450 e. The number of piperidine rings is 1. The highest BCUT2D eigenvalue weighted by Gasteiger charge is 2.35. The zero-order valence-corrected chi connectivity index (χ0v) is 23.2. The first-order chi connectivity index (χ1) is 16.8. The number of fused-ring (bicyclic) bond motifs is 2. The number of amides is 1. The zero-order chi connectivity index (χ0) is 25.9. The van der Waals surface area contributed by atoms with E-state index in [1.54, 1.807) is 0 Å². The van der Waals surface area contributed by atoms with Crippen molar-refractivity contribution in [1.29, 1.82) is 0 Å². The molecule has 2 aromatic rings. The molecule has 5 heteroatoms. The summed E-state index contributed by atoms with van der Waals surface area (Å²) < 4.78 is 5.16. The minimum atomic E-state index is -0.191. The molecule has 2 aromatic heterocycles. The molecular weight excluding hydrogens is 422 g/mol. The van der Waals surface area contributed by atoms with Crippen LogP contribution in [0.3, 0.4) is 0 Å². The number of nitrogens with zero attached hydrogens (tertiary/aromatic N) is 3. The Morgan fingerprint density at radius 2 is 1.29 bits per heavy atom. The summed E-state index contributed by atoms with van der Waals surface area (Å²) in [6, 6.07) is 8.47. The molecule has 0 radical (unpaired) electrons. The fourth-order valence-corrected chi connectivity index (χ4v) is 4.36. The van der Waals surface area contributed by atoms with Crippen LogP contribution >= 0.6 is 0 Å². The number of carbonyl (C=O) groups is 1. The van der Waals surface area contributed by atoms with Gasteiger partial charge in [-0.3, -0.25) is 9.97 Å². The first kappa shape index (κ1) is 31.6. The summed E-state index contributed by atoms with van der Waals surface area (Å²) in [4.78, 5) is 23.4. The number of ether oxygens (including phenoxy) is 1. The summed E-state index contributed by atoms with van der Waals surface area (Å²) >= 11 is 0. The van der Waals surface area contributed by atoms with Crippen molar-refractivity contribution in [2.45, 2.75) is 93.9 Å². The van der Waals surface area contributed by atoms with Crippen LogP contribution in [0.25, 0.3) is 0 Å². The maximum absolute atomic E-state index is 12.0. The molecule has 1 fully saturated rings. The molecule has 1 aliphatic carbocycles. The normalized spacial score (nSPS) is 14.4. The molecule has 2 aliphatic rings. The van der Waals surface area contributed by atoms with Crippen molar-refractivity contribution >= 4 is 6.09 Å². The van der Waals surface area contributed by atoms with Crippen molar-refractivity contribution in [2.75, 3.05) is 19.7 Å². The summed E-state index contributed by atoms with van der Waals surface area (Å²) in [7, 11) is 0. The second-order valence-corrected chi connectivity index (χ2v) is 7.10. The number of aryl methyl sites for hydroxylation is 2. The van der Waals surface area contributed by atoms with Crippen LogP contribution in [-0.2, 0) is 17.6 Å². The van der Waals surface area contributed by atoms with Crippen molar-refractivity contribution in [3.05, 3.63) is 59.2 Å². The monoisotopic (exact) mass is 471 g/mol. The minimum absolute atomic E-state index is 0.191. The van der Waals surface area contributed by atoms with E-state index in [1.165, 1.54) is 22.5 Å². The number of pyridine rings is 2. The summed E-state index contributed by atoms with van der Waals surface area (Å²) in [5.41, 5.74) is 5.03. The molecule has 0 aromatic carbocycles. The molecule has 34 heavy (non-hydrogen) atoms. The van der Waals surface area contributed by atoms with Gasteiger partial charge in [0.25, 0.3) is 0 Å². The lowest BCUT2D eigenvalue weighted by Crippen LogP contribution is -2.40. The Bertz CT molecular complexity index is 739. The summed E-state index contributed by atoms with van der Waals surface area (Å²) in [6.07, 6.45) is 7.54. The van der Waals surface area contributed by atoms with E-state index in [9.17, 15) is 4.79 Å². The van der Waals surface area contributed by atoms with E-state index in [1.807, 2.05) is 91.7 Å². The van der Waals surface area contributed by atoms with Crippen LogP contribution in [0.5, 0.6) is 0 Å². The molecule has 1 aliphatic heterocycles. The maximum Gasteiger partial charge on any atom is 0.409 e. The SMILES string of the molecule is CC.CC.CC.CC.CCOC(=O)N1CCC(C2c3ncccc3CCc3cccnc32)CC1. The number of hydrogen-bond acceptors (Lipinski definition) is 4. The molecule has 0 bridgehead atoms. The van der Waals surface area contributed by atoms with Gasteiger partial charge >= 0.3 is 6.09 Å². The first-order valence-electron chi connectivity index (χ1n) is 13.6. The predicted octanol–water partition coefficient (Wildman–Crippen LogP) is 7.68. The topological polar surface area (TPSA) is 55.3 Å². The molecule has 3 heterocycles. The van der Waals surface area contributed by atoms with Gasteiger partial charge in [0, 0.05) is 31.4 Å². The van der Waals surface area contributed by atoms with E-state index in [2.05, 4.69) is 12.1 Å². The van der Waals surface area contributed by atoms with E-state index < -0.39 is 0 Å². The lowest BCUT2D eigenvalue weighted by Gasteiger charge is -2.35. The fourth-order valence-electron chi connectivity index (χ4n) is 4.36. The standard InChI is InChI=1S/C21H25N3O2.4C2H6/c1-2-26-21(25)24-13-9-15(10-14-24)18-19-16(5-3-11-22-19)7-8-17-6-4-12-23-20(17)18;4*1-2/h3-6,11-12,15,18H,2,7-10,13-14H2,1H3;4*1-2H3. The molecule has 1 saturated heterocycles. The van der Waals surface area contributed by atoms with Crippen molar-refractivity contribution in [2.24, 2.45) is 5.92 Å². The number of rotatable bonds is 2. The Morgan fingerprint density at radius 1 is 0.853 bits per heavy atom. The zero-order valence-electron chi connectivity index (χ0n) is 23.2. The summed E-state index contributed by atoms with van der Waals surface area (Å²) in [5.74, 6) is 0.662. The van der Waals surface area contributed by atoms with Gasteiger partial charge in [-0.2, -0.15) is 0 Å². The second kappa shape index (κ2) is 18.9. The number of likely N-dealkylation sites (tertiary alicyclic amines) is 1. The van der Waals surface area contributed by atoms with Gasteiger partial charge in [-0.15, -0.1) is 0 Å². The lowest BCUT2D eigenvalue weighted by molar-refractivity contribution is 0.0898. The van der Waals surface area contributed by atoms with Gasteiger partial charge in [0.15, 0.2) is 0 Å². The predicted molar refractivity (Wildman–Crippen MR) is 144 cm³/mol. The van der Waals surface area contributed by atoms with Crippen LogP contribution < -0.4 is 0 Å². The minimum Gasteiger partial charge on any atom is -0.450 e. The molecule has 5 nitrogen and oxygen atoms in total. The van der Waals surface area contributed by atoms with E-state index in [0.717, 1.165) is 38.8 Å². The van der Waals surface area contributed by atoms with Crippen molar-refractivity contribution in [1.82, 2.24) is 14.9 Å². The van der Waals surface area contributed by atoms with Crippen LogP contribution in [0.1, 0.15) is 104 Å². The Labute approximate surface area is 209 Å².